The number of nitriles is 1. The molecule has 0 aliphatic carbocycles. The fourth-order valence-electron chi connectivity index (χ4n) is 3.32. The number of fused-ring (bicyclic) bond motifs is 1. The zero-order valence-corrected chi connectivity index (χ0v) is 20.5. The van der Waals surface area contributed by atoms with E-state index in [1.54, 1.807) is 6.07 Å². The molecule has 1 N–H and O–H groups in total. The van der Waals surface area contributed by atoms with Gasteiger partial charge < -0.3 is 10.1 Å². The molecule has 1 amide bonds. The van der Waals surface area contributed by atoms with Crippen molar-refractivity contribution in [2.24, 2.45) is 0 Å². The Hall–Kier alpha value is -3.43. The van der Waals surface area contributed by atoms with Gasteiger partial charge in [-0.25, -0.2) is 9.37 Å². The van der Waals surface area contributed by atoms with Crippen molar-refractivity contribution in [3.63, 3.8) is 0 Å². The maximum atomic E-state index is 14.9. The molecule has 0 aliphatic rings. The van der Waals surface area contributed by atoms with E-state index in [-0.39, 0.29) is 22.8 Å². The zero-order chi connectivity index (χ0) is 29.6. The summed E-state index contributed by atoms with van der Waals surface area (Å²) in [5, 5.41) is 11.2. The number of benzene rings is 2. The van der Waals surface area contributed by atoms with Crippen LogP contribution < -0.4 is 10.1 Å². The molecule has 0 bridgehead atoms. The van der Waals surface area contributed by atoms with Gasteiger partial charge >= 0.3 is 30.6 Å². The van der Waals surface area contributed by atoms with Gasteiger partial charge in [0.05, 0.1) is 11.2 Å². The Kier molecular flexibility index (Phi) is 7.94. The van der Waals surface area contributed by atoms with Crippen LogP contribution in [0, 0.1) is 14.9 Å². The number of alkyl halides is 11. The minimum Gasteiger partial charge on any atom is -0.433 e. The SMILES string of the molecule is N#Cc1ccc2cc(C(=O)Nc3c(I)cc(C(F)(C(F)(F)F)C(F)(F)C(F)(F)F)cc3OC(F)F)ccc2n1. The number of nitrogens with one attached hydrogen (secondary N) is 1. The highest BCUT2D eigenvalue weighted by Gasteiger charge is 2.81. The molecule has 1 atom stereocenters. The van der Waals surface area contributed by atoms with Crippen molar-refractivity contribution in [3.05, 3.63) is 62.9 Å². The lowest BCUT2D eigenvalue weighted by molar-refractivity contribution is -0.389. The first-order valence-electron chi connectivity index (χ1n) is 9.94. The number of hydrogen-bond acceptors (Lipinski definition) is 4. The second kappa shape index (κ2) is 10.3. The Morgan fingerprint density at radius 2 is 1.59 bits per heavy atom. The van der Waals surface area contributed by atoms with Crippen LogP contribution in [0.2, 0.25) is 0 Å². The lowest BCUT2D eigenvalue weighted by Crippen LogP contribution is -2.59. The predicted octanol–water partition coefficient (Wildman–Crippen LogP) is 7.49. The maximum absolute atomic E-state index is 14.9. The molecule has 0 saturated heterocycles. The Labute approximate surface area is 223 Å². The van der Waals surface area contributed by atoms with E-state index in [1.165, 1.54) is 24.3 Å². The Balaban J connectivity index is 2.13. The summed E-state index contributed by atoms with van der Waals surface area (Å²) < 4.78 is 151. The van der Waals surface area contributed by atoms with Crippen LogP contribution in [0.5, 0.6) is 5.75 Å². The molecule has 5 nitrogen and oxygen atoms in total. The molecule has 1 unspecified atom stereocenters. The number of ether oxygens (including phenoxy) is 1. The summed E-state index contributed by atoms with van der Waals surface area (Å²) in [5.74, 6) is -9.70. The number of rotatable bonds is 6. The largest absolute Gasteiger partial charge is 0.457 e. The first-order valence-corrected chi connectivity index (χ1v) is 11.0. The molecule has 3 aromatic rings. The van der Waals surface area contributed by atoms with Gasteiger partial charge in [-0.3, -0.25) is 4.79 Å². The highest BCUT2D eigenvalue weighted by atomic mass is 127. The van der Waals surface area contributed by atoms with Gasteiger partial charge in [0.2, 0.25) is 0 Å². The molecule has 0 saturated carbocycles. The minimum absolute atomic E-state index is 0.0435. The van der Waals surface area contributed by atoms with E-state index in [4.69, 9.17) is 5.26 Å². The number of aromatic nitrogens is 1. The number of hydrogen-bond donors (Lipinski definition) is 1. The van der Waals surface area contributed by atoms with E-state index in [0.717, 1.165) is 28.7 Å². The van der Waals surface area contributed by atoms with Crippen molar-refractivity contribution < 1.29 is 57.8 Å². The smallest absolute Gasteiger partial charge is 0.433 e. The fraction of sp³-hybridized carbons (Fsp3) is 0.227. The summed E-state index contributed by atoms with van der Waals surface area (Å²) >= 11 is 1.01. The van der Waals surface area contributed by atoms with Gasteiger partial charge in [0.25, 0.3) is 5.91 Å². The van der Waals surface area contributed by atoms with E-state index in [2.05, 4.69) is 9.72 Å². The van der Waals surface area contributed by atoms with Crippen molar-refractivity contribution in [1.29, 1.82) is 5.26 Å². The summed E-state index contributed by atoms with van der Waals surface area (Å²) in [4.78, 5) is 16.7. The lowest BCUT2D eigenvalue weighted by atomic mass is 9.87. The average molecular weight is 683 g/mol. The highest BCUT2D eigenvalue weighted by Crippen LogP contribution is 2.59. The number of carbonyl (C=O) groups excluding carboxylic acids is 1. The molecule has 17 heteroatoms. The van der Waals surface area contributed by atoms with Crippen LogP contribution in [-0.4, -0.2) is 35.8 Å². The van der Waals surface area contributed by atoms with E-state index in [1.807, 2.05) is 5.32 Å². The van der Waals surface area contributed by atoms with Crippen molar-refractivity contribution in [1.82, 2.24) is 4.98 Å². The summed E-state index contributed by atoms with van der Waals surface area (Å²) in [6.07, 6.45) is -13.9. The molecular formula is C22H9F11IN3O2. The van der Waals surface area contributed by atoms with E-state index >= 15 is 0 Å². The van der Waals surface area contributed by atoms with Crippen molar-refractivity contribution in [2.45, 2.75) is 30.6 Å². The normalized spacial score (nSPS) is 14.2. The molecule has 0 radical (unpaired) electrons. The zero-order valence-electron chi connectivity index (χ0n) is 18.4. The van der Waals surface area contributed by atoms with Crippen molar-refractivity contribution in [3.8, 4) is 11.8 Å². The quantitative estimate of drug-likeness (QED) is 0.216. The molecule has 0 spiro atoms. The van der Waals surface area contributed by atoms with Crippen LogP contribution in [0.1, 0.15) is 21.6 Å². The summed E-state index contributed by atoms with van der Waals surface area (Å²) in [6.45, 7) is -3.88. The topological polar surface area (TPSA) is 75.0 Å². The third kappa shape index (κ3) is 5.51. The summed E-state index contributed by atoms with van der Waals surface area (Å²) in [7, 11) is 0. The lowest BCUT2D eigenvalue weighted by Gasteiger charge is -2.36. The number of amides is 1. The monoisotopic (exact) mass is 683 g/mol. The Morgan fingerprint density at radius 1 is 0.949 bits per heavy atom. The molecule has 0 fully saturated rings. The van der Waals surface area contributed by atoms with Gasteiger partial charge in [-0.1, -0.05) is 0 Å². The molecule has 1 aromatic heterocycles. The third-order valence-corrected chi connectivity index (χ3v) is 6.00. The van der Waals surface area contributed by atoms with Crippen LogP contribution in [0.15, 0.2) is 42.5 Å². The van der Waals surface area contributed by atoms with Gasteiger partial charge in [0, 0.05) is 20.1 Å². The van der Waals surface area contributed by atoms with E-state index in [9.17, 15) is 53.1 Å². The van der Waals surface area contributed by atoms with Gasteiger partial charge in [-0.15, -0.1) is 0 Å². The van der Waals surface area contributed by atoms with E-state index < -0.39 is 63.1 Å². The Morgan fingerprint density at radius 3 is 2.13 bits per heavy atom. The third-order valence-electron chi connectivity index (χ3n) is 5.15. The number of nitrogens with zero attached hydrogens (tertiary/aromatic N) is 2. The first kappa shape index (κ1) is 30.1. The minimum atomic E-state index is -7.06. The van der Waals surface area contributed by atoms with E-state index in [0.29, 0.717) is 5.39 Å². The fourth-order valence-corrected chi connectivity index (χ4v) is 4.06. The summed E-state index contributed by atoms with van der Waals surface area (Å²) in [6, 6.07) is 7.61. The molecule has 2 aromatic carbocycles. The molecule has 3 rings (SSSR count). The van der Waals surface area contributed by atoms with Gasteiger partial charge in [-0.2, -0.15) is 49.2 Å². The summed E-state index contributed by atoms with van der Waals surface area (Å²) in [5.41, 5.74) is -9.59. The van der Waals surface area contributed by atoms with Crippen LogP contribution in [0.4, 0.5) is 54.0 Å². The first-order chi connectivity index (χ1) is 17.8. The van der Waals surface area contributed by atoms with Crippen molar-refractivity contribution >= 4 is 45.1 Å². The maximum Gasteiger partial charge on any atom is 0.457 e. The number of pyridine rings is 1. The molecule has 1 heterocycles. The van der Waals surface area contributed by atoms with Crippen LogP contribution in [0.3, 0.4) is 0 Å². The number of halogens is 12. The average Bonchev–Trinajstić information content (AvgIpc) is 2.82. The van der Waals surface area contributed by atoms with Gasteiger partial charge in [0.1, 0.15) is 11.8 Å². The molecule has 0 aliphatic heterocycles. The van der Waals surface area contributed by atoms with Gasteiger partial charge in [0.15, 0.2) is 5.75 Å². The molecule has 208 valence electrons. The second-order valence-corrected chi connectivity index (χ2v) is 8.77. The van der Waals surface area contributed by atoms with Crippen LogP contribution >= 0.6 is 22.6 Å². The Bertz CT molecular complexity index is 1470. The second-order valence-electron chi connectivity index (χ2n) is 7.61. The number of anilines is 1. The number of carbonyl (C=O) groups is 1. The van der Waals surface area contributed by atoms with Gasteiger partial charge in [-0.05, 0) is 65.1 Å². The standard InChI is InChI=1S/C22H9F11IN3O2/c23-18(24)39-15-7-11(19(25,21(28,29)30)20(26,27)22(31,32)33)6-13(34)16(15)37-17(38)10-2-4-14-9(5-10)1-3-12(8-35)36-14/h1-7,18H,(H,37,38). The van der Waals surface area contributed by atoms with Crippen molar-refractivity contribution in [2.75, 3.05) is 5.32 Å². The highest BCUT2D eigenvalue weighted by molar-refractivity contribution is 14.1. The predicted molar refractivity (Wildman–Crippen MR) is 120 cm³/mol. The van der Waals surface area contributed by atoms with Crippen LogP contribution in [-0.2, 0) is 5.67 Å². The molecular weight excluding hydrogens is 674 g/mol. The molecule has 39 heavy (non-hydrogen) atoms. The van der Waals surface area contributed by atoms with Crippen LogP contribution in [0.25, 0.3) is 10.9 Å².